The fraction of sp³-hybridized carbons (Fsp3) is 0.500. The van der Waals surface area contributed by atoms with Gasteiger partial charge in [0.05, 0.1) is 11.2 Å². The molecule has 1 amide bonds. The fourth-order valence-electron chi connectivity index (χ4n) is 2.36. The van der Waals surface area contributed by atoms with Gasteiger partial charge in [0.2, 0.25) is 5.76 Å². The zero-order valence-corrected chi connectivity index (χ0v) is 13.4. The van der Waals surface area contributed by atoms with Crippen molar-refractivity contribution in [3.63, 3.8) is 0 Å². The normalized spacial score (nSPS) is 15.2. The summed E-state index contributed by atoms with van der Waals surface area (Å²) in [6.07, 6.45) is 3.34. The molecule has 0 spiro atoms. The van der Waals surface area contributed by atoms with Crippen LogP contribution in [0.5, 0.6) is 0 Å². The summed E-state index contributed by atoms with van der Waals surface area (Å²) in [7, 11) is 0. The molecule has 0 bridgehead atoms. The van der Waals surface area contributed by atoms with Crippen LogP contribution in [0.3, 0.4) is 0 Å². The van der Waals surface area contributed by atoms with Crippen molar-refractivity contribution < 1.29 is 9.21 Å². The van der Waals surface area contributed by atoms with Crippen molar-refractivity contribution >= 4 is 17.2 Å². The number of carbonyl (C=O) groups excluding carboxylic acids is 1. The third-order valence-electron chi connectivity index (χ3n) is 3.77. The summed E-state index contributed by atoms with van der Waals surface area (Å²) in [6, 6.07) is 4.01. The zero-order chi connectivity index (χ0) is 15.0. The number of hydrogen-bond donors (Lipinski definition) is 1. The molecule has 1 aliphatic rings. The highest BCUT2D eigenvalue weighted by Gasteiger charge is 2.29. The van der Waals surface area contributed by atoms with Crippen molar-refractivity contribution in [2.75, 3.05) is 0 Å². The average molecular weight is 304 g/mol. The van der Waals surface area contributed by atoms with E-state index in [4.69, 9.17) is 4.42 Å². The van der Waals surface area contributed by atoms with Gasteiger partial charge in [-0.05, 0) is 51.0 Å². The van der Waals surface area contributed by atoms with Crippen LogP contribution in [0.15, 0.2) is 21.9 Å². The predicted octanol–water partition coefficient (Wildman–Crippen LogP) is 3.66. The number of nitrogens with zero attached hydrogens (tertiary/aromatic N) is 1. The smallest absolute Gasteiger partial charge is 0.289 e. The van der Waals surface area contributed by atoms with Gasteiger partial charge in [-0.1, -0.05) is 6.07 Å². The first-order valence-corrected chi connectivity index (χ1v) is 8.16. The lowest BCUT2D eigenvalue weighted by Gasteiger charge is -2.24. The Morgan fingerprint density at radius 1 is 1.52 bits per heavy atom. The number of aromatic nitrogens is 1. The Bertz CT molecular complexity index is 639. The van der Waals surface area contributed by atoms with Crippen molar-refractivity contribution in [3.8, 4) is 0 Å². The number of rotatable bonds is 5. The monoisotopic (exact) mass is 304 g/mol. The largest absolute Gasteiger partial charge is 0.435 e. The first-order chi connectivity index (χ1) is 9.95. The van der Waals surface area contributed by atoms with Crippen LogP contribution >= 0.6 is 11.3 Å². The SMILES string of the molecule is Cc1nc(CC2CC2)oc1C(=O)NC(C)(C)c1cccs1. The van der Waals surface area contributed by atoms with Crippen LogP contribution in [0, 0.1) is 12.8 Å². The minimum atomic E-state index is -0.416. The molecule has 0 unspecified atom stereocenters. The van der Waals surface area contributed by atoms with Crippen LogP contribution in [0.4, 0.5) is 0 Å². The van der Waals surface area contributed by atoms with E-state index in [9.17, 15) is 4.79 Å². The Balaban J connectivity index is 1.74. The van der Waals surface area contributed by atoms with Crippen LogP contribution in [0.2, 0.25) is 0 Å². The highest BCUT2D eigenvalue weighted by Crippen LogP contribution is 2.33. The average Bonchev–Trinajstić information content (AvgIpc) is 2.91. The van der Waals surface area contributed by atoms with Gasteiger partial charge in [0.1, 0.15) is 0 Å². The topological polar surface area (TPSA) is 55.1 Å². The van der Waals surface area contributed by atoms with E-state index in [1.807, 2.05) is 38.3 Å². The second-order valence-electron chi connectivity index (χ2n) is 6.23. The fourth-order valence-corrected chi connectivity index (χ4v) is 3.16. The number of amides is 1. The molecule has 2 aromatic heterocycles. The summed E-state index contributed by atoms with van der Waals surface area (Å²) in [5.74, 6) is 1.53. The minimum absolute atomic E-state index is 0.194. The van der Waals surface area contributed by atoms with Crippen molar-refractivity contribution in [2.45, 2.75) is 45.6 Å². The highest BCUT2D eigenvalue weighted by atomic mass is 32.1. The number of thiophene rings is 1. The zero-order valence-electron chi connectivity index (χ0n) is 12.6. The van der Waals surface area contributed by atoms with Gasteiger partial charge >= 0.3 is 0 Å². The van der Waals surface area contributed by atoms with Gasteiger partial charge in [-0.2, -0.15) is 0 Å². The molecular formula is C16H20N2O2S. The van der Waals surface area contributed by atoms with E-state index in [2.05, 4.69) is 10.3 Å². The Hall–Kier alpha value is -1.62. The summed E-state index contributed by atoms with van der Waals surface area (Å²) in [6.45, 7) is 5.81. The molecule has 2 aromatic rings. The van der Waals surface area contributed by atoms with E-state index in [-0.39, 0.29) is 5.91 Å². The molecule has 5 heteroatoms. The number of nitrogens with one attached hydrogen (secondary N) is 1. The molecule has 21 heavy (non-hydrogen) atoms. The van der Waals surface area contributed by atoms with Crippen molar-refractivity contribution in [1.82, 2.24) is 10.3 Å². The van der Waals surface area contributed by atoms with Crippen molar-refractivity contribution in [2.24, 2.45) is 5.92 Å². The van der Waals surface area contributed by atoms with Crippen LogP contribution < -0.4 is 5.32 Å². The summed E-state index contributed by atoms with van der Waals surface area (Å²) < 4.78 is 5.67. The van der Waals surface area contributed by atoms with Crippen LogP contribution in [0.25, 0.3) is 0 Å². The number of hydrogen-bond acceptors (Lipinski definition) is 4. The Morgan fingerprint density at radius 3 is 2.90 bits per heavy atom. The standard InChI is InChI=1S/C16H20N2O2S/c1-10-14(20-13(17-10)9-11-6-7-11)15(19)18-16(2,3)12-5-4-8-21-12/h4-5,8,11H,6-7,9H2,1-3H3,(H,18,19). The quantitative estimate of drug-likeness (QED) is 0.917. The maximum absolute atomic E-state index is 12.5. The van der Waals surface area contributed by atoms with Gasteiger partial charge in [0, 0.05) is 11.3 Å². The van der Waals surface area contributed by atoms with E-state index in [1.54, 1.807) is 11.3 Å². The second-order valence-corrected chi connectivity index (χ2v) is 7.17. The van der Waals surface area contributed by atoms with Crippen LogP contribution in [0.1, 0.15) is 53.7 Å². The van der Waals surface area contributed by atoms with E-state index in [1.165, 1.54) is 12.8 Å². The van der Waals surface area contributed by atoms with Gasteiger partial charge in [0.15, 0.2) is 5.89 Å². The lowest BCUT2D eigenvalue weighted by atomic mass is 10.0. The van der Waals surface area contributed by atoms with Gasteiger partial charge in [-0.3, -0.25) is 4.79 Å². The molecule has 1 N–H and O–H groups in total. The molecule has 0 radical (unpaired) electrons. The molecule has 3 rings (SSSR count). The molecule has 1 aliphatic carbocycles. The molecule has 112 valence electrons. The third-order valence-corrected chi connectivity index (χ3v) is 4.96. The first-order valence-electron chi connectivity index (χ1n) is 7.28. The summed E-state index contributed by atoms with van der Waals surface area (Å²) in [5, 5.41) is 5.05. The molecule has 0 aromatic carbocycles. The maximum atomic E-state index is 12.5. The van der Waals surface area contributed by atoms with Crippen LogP contribution in [-0.2, 0) is 12.0 Å². The van der Waals surface area contributed by atoms with E-state index in [0.717, 1.165) is 11.3 Å². The van der Waals surface area contributed by atoms with Gasteiger partial charge < -0.3 is 9.73 Å². The molecule has 4 nitrogen and oxygen atoms in total. The van der Waals surface area contributed by atoms with Gasteiger partial charge in [-0.25, -0.2) is 4.98 Å². The highest BCUT2D eigenvalue weighted by molar-refractivity contribution is 7.10. The predicted molar refractivity (Wildman–Crippen MR) is 82.5 cm³/mol. The molecular weight excluding hydrogens is 284 g/mol. The maximum Gasteiger partial charge on any atom is 0.289 e. The van der Waals surface area contributed by atoms with E-state index >= 15 is 0 Å². The first kappa shape index (κ1) is 14.3. The summed E-state index contributed by atoms with van der Waals surface area (Å²) in [4.78, 5) is 17.9. The van der Waals surface area contributed by atoms with E-state index < -0.39 is 5.54 Å². The van der Waals surface area contributed by atoms with Crippen LogP contribution in [-0.4, -0.2) is 10.9 Å². The number of oxazole rings is 1. The molecule has 1 fully saturated rings. The molecule has 0 atom stereocenters. The Labute approximate surface area is 128 Å². The van der Waals surface area contributed by atoms with Gasteiger partial charge in [-0.15, -0.1) is 11.3 Å². The summed E-state index contributed by atoms with van der Waals surface area (Å²) >= 11 is 1.63. The second kappa shape index (κ2) is 5.30. The minimum Gasteiger partial charge on any atom is -0.435 e. The molecule has 0 saturated heterocycles. The van der Waals surface area contributed by atoms with Gasteiger partial charge in [0.25, 0.3) is 5.91 Å². The van der Waals surface area contributed by atoms with Crippen molar-refractivity contribution in [1.29, 1.82) is 0 Å². The molecule has 1 saturated carbocycles. The molecule has 2 heterocycles. The third kappa shape index (κ3) is 3.18. The lowest BCUT2D eigenvalue weighted by molar-refractivity contribution is 0.0882. The van der Waals surface area contributed by atoms with Crippen molar-refractivity contribution in [3.05, 3.63) is 39.7 Å². The van der Waals surface area contributed by atoms with E-state index in [0.29, 0.717) is 23.3 Å². The Morgan fingerprint density at radius 2 is 2.29 bits per heavy atom. The lowest BCUT2D eigenvalue weighted by Crippen LogP contribution is -2.40. The Kier molecular flexibility index (Phi) is 3.61. The summed E-state index contributed by atoms with van der Waals surface area (Å²) in [5.41, 5.74) is 0.256. The molecule has 0 aliphatic heterocycles. The number of aryl methyl sites for hydroxylation is 1. The number of carbonyl (C=O) groups is 1.